The van der Waals surface area contributed by atoms with Gasteiger partial charge in [-0.1, -0.05) is 18.2 Å². The number of amides is 1. The second kappa shape index (κ2) is 6.24. The number of carbonyl (C=O) groups is 1. The molecule has 1 N–H and O–H groups in total. The van der Waals surface area contributed by atoms with E-state index in [2.05, 4.69) is 5.32 Å². The van der Waals surface area contributed by atoms with Gasteiger partial charge in [0, 0.05) is 30.5 Å². The number of benzene rings is 2. The molecule has 0 saturated carbocycles. The molecule has 1 amide bonds. The third-order valence-corrected chi connectivity index (χ3v) is 3.29. The Morgan fingerprint density at radius 3 is 2.35 bits per heavy atom. The molecule has 0 aliphatic heterocycles. The van der Waals surface area contributed by atoms with E-state index >= 15 is 0 Å². The highest BCUT2D eigenvalue weighted by Crippen LogP contribution is 2.20. The average molecular weight is 268 g/mol. The zero-order valence-electron chi connectivity index (χ0n) is 12.2. The summed E-state index contributed by atoms with van der Waals surface area (Å²) in [4.78, 5) is 14.2. The van der Waals surface area contributed by atoms with Gasteiger partial charge in [-0.05, 0) is 49.7 Å². The topological polar surface area (TPSA) is 32.3 Å². The molecule has 0 aliphatic carbocycles. The van der Waals surface area contributed by atoms with Crippen LogP contribution in [0.15, 0.2) is 48.5 Å². The van der Waals surface area contributed by atoms with E-state index < -0.39 is 0 Å². The average Bonchev–Trinajstić information content (AvgIpc) is 2.47. The van der Waals surface area contributed by atoms with E-state index in [9.17, 15) is 4.79 Å². The molecule has 3 nitrogen and oxygen atoms in total. The lowest BCUT2D eigenvalue weighted by molar-refractivity contribution is 0.0993. The Morgan fingerprint density at radius 1 is 1.10 bits per heavy atom. The summed E-state index contributed by atoms with van der Waals surface area (Å²) in [5.74, 6) is 0.00217. The minimum atomic E-state index is 0.00217. The van der Waals surface area contributed by atoms with Gasteiger partial charge in [0.05, 0.1) is 0 Å². The molecule has 0 spiro atoms. The van der Waals surface area contributed by atoms with Crippen molar-refractivity contribution >= 4 is 17.3 Å². The molecule has 0 heterocycles. The van der Waals surface area contributed by atoms with E-state index in [-0.39, 0.29) is 5.91 Å². The normalized spacial score (nSPS) is 10.2. The van der Waals surface area contributed by atoms with Crippen molar-refractivity contribution in [1.82, 2.24) is 0 Å². The van der Waals surface area contributed by atoms with Gasteiger partial charge in [-0.25, -0.2) is 0 Å². The number of hydrogen-bond donors (Lipinski definition) is 1. The number of carbonyl (C=O) groups excluding carboxylic acids is 1. The van der Waals surface area contributed by atoms with Crippen LogP contribution in [-0.2, 0) is 0 Å². The predicted octanol–water partition coefficient (Wildman–Crippen LogP) is 3.70. The highest BCUT2D eigenvalue weighted by molar-refractivity contribution is 6.06. The fraction of sp³-hybridized carbons (Fsp3) is 0.235. The maximum Gasteiger partial charge on any atom is 0.258 e. The molecule has 20 heavy (non-hydrogen) atoms. The van der Waals surface area contributed by atoms with E-state index in [0.717, 1.165) is 23.5 Å². The lowest BCUT2D eigenvalue weighted by atomic mass is 10.1. The Labute approximate surface area is 120 Å². The number of para-hydroxylation sites is 1. The van der Waals surface area contributed by atoms with Crippen molar-refractivity contribution in [3.8, 4) is 0 Å². The van der Waals surface area contributed by atoms with E-state index in [1.54, 1.807) is 4.90 Å². The molecule has 0 fully saturated rings. The molecule has 0 radical (unpaired) electrons. The summed E-state index contributed by atoms with van der Waals surface area (Å²) >= 11 is 0. The van der Waals surface area contributed by atoms with Crippen molar-refractivity contribution in [2.24, 2.45) is 0 Å². The van der Waals surface area contributed by atoms with Crippen molar-refractivity contribution in [2.45, 2.75) is 13.8 Å². The number of nitrogens with zero attached hydrogens (tertiary/aromatic N) is 1. The predicted molar refractivity (Wildman–Crippen MR) is 84.5 cm³/mol. The van der Waals surface area contributed by atoms with Crippen LogP contribution in [0, 0.1) is 6.92 Å². The highest BCUT2D eigenvalue weighted by atomic mass is 16.2. The van der Waals surface area contributed by atoms with Crippen molar-refractivity contribution in [1.29, 1.82) is 0 Å². The summed E-state index contributed by atoms with van der Waals surface area (Å²) in [7, 11) is 1.81. The Balaban J connectivity index is 2.20. The standard InChI is InChI=1S/C17H20N2O/c1-4-18-15-11-9-14(10-12-15)17(20)19(3)16-8-6-5-7-13(16)2/h5-12,18H,4H2,1-3H3. The van der Waals surface area contributed by atoms with Crippen LogP contribution in [0.3, 0.4) is 0 Å². The molecule has 0 unspecified atom stereocenters. The number of rotatable bonds is 4. The van der Waals surface area contributed by atoms with E-state index in [0.29, 0.717) is 5.56 Å². The van der Waals surface area contributed by atoms with Crippen LogP contribution in [-0.4, -0.2) is 19.5 Å². The second-order valence-corrected chi connectivity index (χ2v) is 4.76. The Bertz CT molecular complexity index is 590. The lowest BCUT2D eigenvalue weighted by Gasteiger charge is -2.19. The van der Waals surface area contributed by atoms with E-state index in [1.165, 1.54) is 0 Å². The van der Waals surface area contributed by atoms with Gasteiger partial charge in [0.15, 0.2) is 0 Å². The smallest absolute Gasteiger partial charge is 0.258 e. The number of aryl methyl sites for hydroxylation is 1. The van der Waals surface area contributed by atoms with Gasteiger partial charge in [0.2, 0.25) is 0 Å². The first-order chi connectivity index (χ1) is 9.63. The van der Waals surface area contributed by atoms with Crippen LogP contribution >= 0.6 is 0 Å². The van der Waals surface area contributed by atoms with Crippen molar-refractivity contribution < 1.29 is 4.79 Å². The Kier molecular flexibility index (Phi) is 4.41. The molecular weight excluding hydrogens is 248 g/mol. The minimum Gasteiger partial charge on any atom is -0.385 e. The van der Waals surface area contributed by atoms with Gasteiger partial charge in [-0.2, -0.15) is 0 Å². The van der Waals surface area contributed by atoms with Crippen molar-refractivity contribution in [2.75, 3.05) is 23.8 Å². The maximum absolute atomic E-state index is 12.5. The molecule has 0 aromatic heterocycles. The van der Waals surface area contributed by atoms with Gasteiger partial charge >= 0.3 is 0 Å². The second-order valence-electron chi connectivity index (χ2n) is 4.76. The minimum absolute atomic E-state index is 0.00217. The molecular formula is C17H20N2O. The molecule has 3 heteroatoms. The summed E-state index contributed by atoms with van der Waals surface area (Å²) in [5, 5.41) is 3.22. The first-order valence-corrected chi connectivity index (χ1v) is 6.81. The van der Waals surface area contributed by atoms with E-state index in [1.807, 2.05) is 69.4 Å². The van der Waals surface area contributed by atoms with Crippen molar-refractivity contribution in [3.05, 3.63) is 59.7 Å². The molecule has 104 valence electrons. The van der Waals surface area contributed by atoms with Crippen LogP contribution in [0.25, 0.3) is 0 Å². The first-order valence-electron chi connectivity index (χ1n) is 6.81. The quantitative estimate of drug-likeness (QED) is 0.917. The molecule has 0 atom stereocenters. The number of nitrogens with one attached hydrogen (secondary N) is 1. The summed E-state index contributed by atoms with van der Waals surface area (Å²) < 4.78 is 0. The maximum atomic E-state index is 12.5. The summed E-state index contributed by atoms with van der Waals surface area (Å²) in [6.07, 6.45) is 0. The van der Waals surface area contributed by atoms with Gasteiger partial charge in [0.1, 0.15) is 0 Å². The monoisotopic (exact) mass is 268 g/mol. The number of hydrogen-bond acceptors (Lipinski definition) is 2. The number of anilines is 2. The van der Waals surface area contributed by atoms with Crippen LogP contribution in [0.5, 0.6) is 0 Å². The van der Waals surface area contributed by atoms with Crippen LogP contribution < -0.4 is 10.2 Å². The van der Waals surface area contributed by atoms with Crippen molar-refractivity contribution in [3.63, 3.8) is 0 Å². The molecule has 0 aliphatic rings. The van der Waals surface area contributed by atoms with Gasteiger partial charge < -0.3 is 10.2 Å². The van der Waals surface area contributed by atoms with E-state index in [4.69, 9.17) is 0 Å². The van der Waals surface area contributed by atoms with Gasteiger partial charge in [-0.15, -0.1) is 0 Å². The lowest BCUT2D eigenvalue weighted by Crippen LogP contribution is -2.26. The van der Waals surface area contributed by atoms with Crippen LogP contribution in [0.1, 0.15) is 22.8 Å². The first kappa shape index (κ1) is 14.1. The third kappa shape index (κ3) is 2.99. The summed E-state index contributed by atoms with van der Waals surface area (Å²) in [5.41, 5.74) is 3.75. The fourth-order valence-corrected chi connectivity index (χ4v) is 2.18. The largest absolute Gasteiger partial charge is 0.385 e. The molecule has 2 rings (SSSR count). The third-order valence-electron chi connectivity index (χ3n) is 3.29. The Morgan fingerprint density at radius 2 is 1.75 bits per heavy atom. The van der Waals surface area contributed by atoms with Crippen LogP contribution in [0.4, 0.5) is 11.4 Å². The van der Waals surface area contributed by atoms with Gasteiger partial charge in [-0.3, -0.25) is 4.79 Å². The zero-order valence-corrected chi connectivity index (χ0v) is 12.2. The Hall–Kier alpha value is -2.29. The summed E-state index contributed by atoms with van der Waals surface area (Å²) in [6.45, 7) is 4.93. The zero-order chi connectivity index (χ0) is 14.5. The molecule has 2 aromatic carbocycles. The molecule has 0 bridgehead atoms. The molecule has 2 aromatic rings. The summed E-state index contributed by atoms with van der Waals surface area (Å²) in [6, 6.07) is 15.5. The highest BCUT2D eigenvalue weighted by Gasteiger charge is 2.14. The van der Waals surface area contributed by atoms with Crippen LogP contribution in [0.2, 0.25) is 0 Å². The fourth-order valence-electron chi connectivity index (χ4n) is 2.18. The van der Waals surface area contributed by atoms with Gasteiger partial charge in [0.25, 0.3) is 5.91 Å². The SMILES string of the molecule is CCNc1ccc(C(=O)N(C)c2ccccc2C)cc1. The molecule has 0 saturated heterocycles.